The maximum Gasteiger partial charge on any atom is 0.123 e. The van der Waals surface area contributed by atoms with Crippen LogP contribution in [0.25, 0.3) is 0 Å². The van der Waals surface area contributed by atoms with E-state index < -0.39 is 0 Å². The van der Waals surface area contributed by atoms with Gasteiger partial charge in [-0.15, -0.1) is 0 Å². The summed E-state index contributed by atoms with van der Waals surface area (Å²) in [5.41, 5.74) is 2.41. The van der Waals surface area contributed by atoms with Gasteiger partial charge in [-0.3, -0.25) is 0 Å². The zero-order chi connectivity index (χ0) is 13.2. The Morgan fingerprint density at radius 2 is 1.84 bits per heavy atom. The lowest BCUT2D eigenvalue weighted by molar-refractivity contribution is 0.113. The minimum absolute atomic E-state index is 0.204. The fraction of sp³-hybridized carbons (Fsp3) is 0.200. The van der Waals surface area contributed by atoms with Crippen molar-refractivity contribution >= 4 is 17.4 Å². The number of nitrogens with zero attached hydrogens (tertiary/aromatic N) is 1. The van der Waals surface area contributed by atoms with Crippen LogP contribution in [0.3, 0.4) is 0 Å². The molecule has 0 bridgehead atoms. The number of hydrogen-bond donors (Lipinski definition) is 0. The van der Waals surface area contributed by atoms with E-state index in [1.54, 1.807) is 23.9 Å². The van der Waals surface area contributed by atoms with E-state index in [9.17, 15) is 4.39 Å². The van der Waals surface area contributed by atoms with Gasteiger partial charge in [0.25, 0.3) is 0 Å². The second-order valence-electron chi connectivity index (χ2n) is 4.52. The molecule has 0 fully saturated rings. The van der Waals surface area contributed by atoms with Crippen LogP contribution in [0.15, 0.2) is 52.3 Å². The second kappa shape index (κ2) is 5.23. The molecule has 0 amide bonds. The molecule has 0 spiro atoms. The Morgan fingerprint density at radius 3 is 2.63 bits per heavy atom. The van der Waals surface area contributed by atoms with Crippen molar-refractivity contribution in [2.75, 3.05) is 18.7 Å². The molecule has 0 N–H and O–H groups in total. The molecule has 1 aliphatic rings. The molecule has 1 aliphatic heterocycles. The number of fused-ring (bicyclic) bond motifs is 1. The second-order valence-corrected chi connectivity index (χ2v) is 5.67. The fourth-order valence-electron chi connectivity index (χ4n) is 2.11. The number of benzene rings is 2. The van der Waals surface area contributed by atoms with Gasteiger partial charge in [0.05, 0.1) is 6.61 Å². The van der Waals surface area contributed by atoms with E-state index in [0.717, 1.165) is 9.79 Å². The molecule has 3 rings (SSSR count). The quantitative estimate of drug-likeness (QED) is 0.824. The normalized spacial score (nSPS) is 14.3. The van der Waals surface area contributed by atoms with Crippen LogP contribution in [-0.2, 0) is 11.3 Å². The highest BCUT2D eigenvalue weighted by Crippen LogP contribution is 2.33. The molecule has 2 aromatic rings. The first-order valence-electron chi connectivity index (χ1n) is 6.07. The fourth-order valence-corrected chi connectivity index (χ4v) is 3.00. The molecule has 98 valence electrons. The van der Waals surface area contributed by atoms with Gasteiger partial charge in [-0.1, -0.05) is 11.8 Å². The average molecular weight is 275 g/mol. The SMILES string of the molecule is CN1COCc2cc(Sc3ccc(F)cc3)ccc21. The van der Waals surface area contributed by atoms with Gasteiger partial charge in [0, 0.05) is 28.1 Å². The van der Waals surface area contributed by atoms with Crippen LogP contribution < -0.4 is 4.90 Å². The highest BCUT2D eigenvalue weighted by Gasteiger charge is 2.14. The molecule has 0 unspecified atom stereocenters. The van der Waals surface area contributed by atoms with Crippen molar-refractivity contribution in [3.05, 3.63) is 53.8 Å². The lowest BCUT2D eigenvalue weighted by atomic mass is 10.1. The van der Waals surface area contributed by atoms with E-state index in [2.05, 4.69) is 23.1 Å². The third kappa shape index (κ3) is 2.74. The van der Waals surface area contributed by atoms with Crippen LogP contribution in [0, 0.1) is 5.82 Å². The molecular formula is C15H14FNOS. The van der Waals surface area contributed by atoms with Crippen molar-refractivity contribution < 1.29 is 9.13 Å². The minimum Gasteiger partial charge on any atom is -0.356 e. The first-order valence-corrected chi connectivity index (χ1v) is 6.89. The summed E-state index contributed by atoms with van der Waals surface area (Å²) in [5.74, 6) is -0.204. The maximum atomic E-state index is 12.9. The Bertz CT molecular complexity index is 585. The molecule has 0 saturated heterocycles. The zero-order valence-electron chi connectivity index (χ0n) is 10.6. The van der Waals surface area contributed by atoms with Crippen LogP contribution in [0.5, 0.6) is 0 Å². The van der Waals surface area contributed by atoms with Crippen LogP contribution in [0.1, 0.15) is 5.56 Å². The zero-order valence-corrected chi connectivity index (χ0v) is 11.4. The van der Waals surface area contributed by atoms with Crippen LogP contribution in [0.4, 0.5) is 10.1 Å². The third-order valence-electron chi connectivity index (χ3n) is 3.05. The highest BCUT2D eigenvalue weighted by molar-refractivity contribution is 7.99. The number of halogens is 1. The number of anilines is 1. The van der Waals surface area contributed by atoms with E-state index >= 15 is 0 Å². The van der Waals surface area contributed by atoms with Crippen molar-refractivity contribution in [1.82, 2.24) is 0 Å². The summed E-state index contributed by atoms with van der Waals surface area (Å²) >= 11 is 1.63. The Balaban J connectivity index is 1.84. The average Bonchev–Trinajstić information content (AvgIpc) is 2.42. The summed E-state index contributed by atoms with van der Waals surface area (Å²) in [6.07, 6.45) is 0. The summed E-state index contributed by atoms with van der Waals surface area (Å²) < 4.78 is 18.4. The largest absolute Gasteiger partial charge is 0.356 e. The first kappa shape index (κ1) is 12.5. The van der Waals surface area contributed by atoms with E-state index in [4.69, 9.17) is 4.74 Å². The van der Waals surface area contributed by atoms with Gasteiger partial charge in [0.2, 0.25) is 0 Å². The van der Waals surface area contributed by atoms with Gasteiger partial charge in [0.1, 0.15) is 12.5 Å². The molecule has 0 radical (unpaired) electrons. The van der Waals surface area contributed by atoms with Gasteiger partial charge < -0.3 is 9.64 Å². The topological polar surface area (TPSA) is 12.5 Å². The summed E-state index contributed by atoms with van der Waals surface area (Å²) in [6.45, 7) is 1.29. The highest BCUT2D eigenvalue weighted by atomic mass is 32.2. The van der Waals surface area contributed by atoms with Crippen LogP contribution in [0.2, 0.25) is 0 Å². The standard InChI is InChI=1S/C15H14FNOS/c1-17-10-18-9-11-8-14(6-7-15(11)17)19-13-4-2-12(16)3-5-13/h2-8H,9-10H2,1H3. The molecule has 0 saturated carbocycles. The molecule has 0 aromatic heterocycles. The van der Waals surface area contributed by atoms with Crippen LogP contribution in [-0.4, -0.2) is 13.8 Å². The van der Waals surface area contributed by atoms with Gasteiger partial charge in [0.15, 0.2) is 0 Å². The third-order valence-corrected chi connectivity index (χ3v) is 4.05. The number of hydrogen-bond acceptors (Lipinski definition) is 3. The van der Waals surface area contributed by atoms with E-state index in [1.165, 1.54) is 23.4 Å². The Hall–Kier alpha value is -1.52. The lowest BCUT2D eigenvalue weighted by Crippen LogP contribution is -2.26. The molecule has 1 heterocycles. The molecule has 0 aliphatic carbocycles. The predicted octanol–water partition coefficient (Wildman–Crippen LogP) is 3.90. The van der Waals surface area contributed by atoms with E-state index in [-0.39, 0.29) is 5.82 Å². The number of ether oxygens (including phenoxy) is 1. The Labute approximate surface area is 116 Å². The Morgan fingerprint density at radius 1 is 1.11 bits per heavy atom. The van der Waals surface area contributed by atoms with Crippen LogP contribution >= 0.6 is 11.8 Å². The molecule has 0 atom stereocenters. The number of rotatable bonds is 2. The van der Waals surface area contributed by atoms with Gasteiger partial charge in [-0.05, 0) is 42.5 Å². The summed E-state index contributed by atoms with van der Waals surface area (Å²) in [7, 11) is 2.02. The van der Waals surface area contributed by atoms with Crippen molar-refractivity contribution in [2.24, 2.45) is 0 Å². The maximum absolute atomic E-state index is 12.9. The molecular weight excluding hydrogens is 261 g/mol. The Kier molecular flexibility index (Phi) is 3.44. The van der Waals surface area contributed by atoms with Gasteiger partial charge in [-0.2, -0.15) is 0 Å². The minimum atomic E-state index is -0.204. The van der Waals surface area contributed by atoms with E-state index in [1.807, 2.05) is 7.05 Å². The van der Waals surface area contributed by atoms with Crippen molar-refractivity contribution in [3.63, 3.8) is 0 Å². The monoisotopic (exact) mass is 275 g/mol. The summed E-state index contributed by atoms with van der Waals surface area (Å²) in [6, 6.07) is 12.9. The predicted molar refractivity (Wildman–Crippen MR) is 75.0 cm³/mol. The van der Waals surface area contributed by atoms with Gasteiger partial charge in [-0.25, -0.2) is 4.39 Å². The first-order chi connectivity index (χ1) is 9.22. The molecule has 4 heteroatoms. The summed E-state index contributed by atoms with van der Waals surface area (Å²) in [4.78, 5) is 4.27. The smallest absolute Gasteiger partial charge is 0.123 e. The van der Waals surface area contributed by atoms with Crippen molar-refractivity contribution in [2.45, 2.75) is 16.4 Å². The van der Waals surface area contributed by atoms with Crippen molar-refractivity contribution in [3.8, 4) is 0 Å². The molecule has 19 heavy (non-hydrogen) atoms. The van der Waals surface area contributed by atoms with Crippen molar-refractivity contribution in [1.29, 1.82) is 0 Å². The molecule has 2 nitrogen and oxygen atoms in total. The van der Waals surface area contributed by atoms with E-state index in [0.29, 0.717) is 13.3 Å². The summed E-state index contributed by atoms with van der Waals surface area (Å²) in [5, 5.41) is 0. The molecule has 2 aromatic carbocycles. The lowest BCUT2D eigenvalue weighted by Gasteiger charge is -2.27. The van der Waals surface area contributed by atoms with Gasteiger partial charge >= 0.3 is 0 Å².